The Hall–Kier alpha value is -2.69. The van der Waals surface area contributed by atoms with Gasteiger partial charge in [0.15, 0.2) is 5.96 Å². The van der Waals surface area contributed by atoms with Crippen molar-refractivity contribution in [2.75, 3.05) is 13.7 Å². The van der Waals surface area contributed by atoms with Gasteiger partial charge < -0.3 is 20.5 Å². The van der Waals surface area contributed by atoms with Crippen molar-refractivity contribution in [1.29, 1.82) is 0 Å². The molecular formula is C19H23N3O2. The van der Waals surface area contributed by atoms with E-state index >= 15 is 0 Å². The Balaban J connectivity index is 1.86. The van der Waals surface area contributed by atoms with Crippen LogP contribution in [-0.2, 0) is 0 Å². The summed E-state index contributed by atoms with van der Waals surface area (Å²) in [5, 5.41) is 3.28. The molecule has 1 aliphatic heterocycles. The number of ether oxygens (including phenoxy) is 2. The highest BCUT2D eigenvalue weighted by atomic mass is 16.5. The lowest BCUT2D eigenvalue weighted by Gasteiger charge is -2.29. The second-order valence-electron chi connectivity index (χ2n) is 5.71. The minimum atomic E-state index is 0.0110. The highest BCUT2D eigenvalue weighted by Gasteiger charge is 2.26. The summed E-state index contributed by atoms with van der Waals surface area (Å²) in [6.07, 6.45) is 0.817. The maximum Gasteiger partial charge on any atom is 0.189 e. The zero-order valence-corrected chi connectivity index (χ0v) is 14.0. The molecule has 3 N–H and O–H groups in total. The molecule has 0 aromatic heterocycles. The lowest BCUT2D eigenvalue weighted by atomic mass is 9.93. The molecule has 2 unspecified atom stereocenters. The topological polar surface area (TPSA) is 68.9 Å². The number of methoxy groups -OCH3 is 1. The highest BCUT2D eigenvalue weighted by molar-refractivity contribution is 5.79. The van der Waals surface area contributed by atoms with Gasteiger partial charge in [0.05, 0.1) is 25.8 Å². The SMILES string of the molecule is CCOc1ccccc1C1CC(c2ccc(OC)cc2)N=C(N)N1. The molecule has 0 radical (unpaired) electrons. The van der Waals surface area contributed by atoms with E-state index in [0.717, 1.165) is 29.0 Å². The van der Waals surface area contributed by atoms with Gasteiger partial charge in [-0.2, -0.15) is 0 Å². The van der Waals surface area contributed by atoms with E-state index < -0.39 is 0 Å². The molecule has 2 aromatic rings. The molecule has 3 rings (SSSR count). The Morgan fingerprint density at radius 3 is 2.62 bits per heavy atom. The summed E-state index contributed by atoms with van der Waals surface area (Å²) < 4.78 is 11.0. The van der Waals surface area contributed by atoms with Crippen molar-refractivity contribution >= 4 is 5.96 Å². The van der Waals surface area contributed by atoms with Gasteiger partial charge >= 0.3 is 0 Å². The first-order valence-corrected chi connectivity index (χ1v) is 8.16. The molecule has 2 aromatic carbocycles. The molecule has 1 aliphatic rings. The number of guanidine groups is 1. The Morgan fingerprint density at radius 1 is 1.17 bits per heavy atom. The molecular weight excluding hydrogens is 302 g/mol. The molecule has 0 saturated heterocycles. The van der Waals surface area contributed by atoms with Gasteiger partial charge in [-0.05, 0) is 37.1 Å². The van der Waals surface area contributed by atoms with Crippen LogP contribution in [0, 0.1) is 0 Å². The fourth-order valence-electron chi connectivity index (χ4n) is 3.02. The second kappa shape index (κ2) is 7.25. The Labute approximate surface area is 142 Å². The summed E-state index contributed by atoms with van der Waals surface area (Å²) in [6, 6.07) is 16.1. The van der Waals surface area contributed by atoms with Crippen LogP contribution >= 0.6 is 0 Å². The molecule has 0 spiro atoms. The van der Waals surface area contributed by atoms with E-state index in [9.17, 15) is 0 Å². The van der Waals surface area contributed by atoms with Crippen molar-refractivity contribution in [3.05, 3.63) is 59.7 Å². The van der Waals surface area contributed by atoms with Crippen molar-refractivity contribution in [2.24, 2.45) is 10.7 Å². The Bertz CT molecular complexity index is 713. The van der Waals surface area contributed by atoms with Crippen molar-refractivity contribution < 1.29 is 9.47 Å². The van der Waals surface area contributed by atoms with E-state index in [-0.39, 0.29) is 12.1 Å². The third kappa shape index (κ3) is 3.45. The van der Waals surface area contributed by atoms with Crippen LogP contribution in [-0.4, -0.2) is 19.7 Å². The summed E-state index contributed by atoms with van der Waals surface area (Å²) in [6.45, 7) is 2.62. The van der Waals surface area contributed by atoms with Crippen LogP contribution in [0.1, 0.15) is 36.6 Å². The highest BCUT2D eigenvalue weighted by Crippen LogP contribution is 2.36. The van der Waals surface area contributed by atoms with Gasteiger partial charge in [0.25, 0.3) is 0 Å². The van der Waals surface area contributed by atoms with Gasteiger partial charge in [-0.3, -0.25) is 0 Å². The number of para-hydroxylation sites is 1. The summed E-state index contributed by atoms with van der Waals surface area (Å²) >= 11 is 0. The zero-order chi connectivity index (χ0) is 16.9. The van der Waals surface area contributed by atoms with Gasteiger partial charge in [-0.1, -0.05) is 30.3 Å². The van der Waals surface area contributed by atoms with Crippen LogP contribution in [0.3, 0.4) is 0 Å². The Kier molecular flexibility index (Phi) is 4.89. The van der Waals surface area contributed by atoms with Crippen molar-refractivity contribution in [2.45, 2.75) is 25.4 Å². The summed E-state index contributed by atoms with van der Waals surface area (Å²) in [4.78, 5) is 4.56. The van der Waals surface area contributed by atoms with Crippen LogP contribution < -0.4 is 20.5 Å². The molecule has 0 aliphatic carbocycles. The van der Waals surface area contributed by atoms with E-state index in [1.165, 1.54) is 0 Å². The maximum absolute atomic E-state index is 6.04. The Morgan fingerprint density at radius 2 is 1.92 bits per heavy atom. The van der Waals surface area contributed by atoms with Crippen LogP contribution in [0.25, 0.3) is 0 Å². The molecule has 2 atom stereocenters. The fraction of sp³-hybridized carbons (Fsp3) is 0.316. The summed E-state index contributed by atoms with van der Waals surface area (Å²) in [7, 11) is 1.66. The van der Waals surface area contributed by atoms with Gasteiger partial charge in [-0.15, -0.1) is 0 Å². The van der Waals surface area contributed by atoms with Gasteiger partial charge in [0.1, 0.15) is 11.5 Å². The van der Waals surface area contributed by atoms with Gasteiger partial charge in [-0.25, -0.2) is 4.99 Å². The number of benzene rings is 2. The maximum atomic E-state index is 6.04. The summed E-state index contributed by atoms with van der Waals surface area (Å²) in [5.41, 5.74) is 8.28. The number of hydrogen-bond acceptors (Lipinski definition) is 5. The number of aliphatic imine (C=N–C) groups is 1. The molecule has 24 heavy (non-hydrogen) atoms. The number of hydrogen-bond donors (Lipinski definition) is 2. The van der Waals surface area contributed by atoms with Crippen molar-refractivity contribution in [1.82, 2.24) is 5.32 Å². The predicted molar refractivity (Wildman–Crippen MR) is 95.5 cm³/mol. The zero-order valence-electron chi connectivity index (χ0n) is 14.0. The first-order valence-electron chi connectivity index (χ1n) is 8.16. The number of nitrogens with one attached hydrogen (secondary N) is 1. The quantitative estimate of drug-likeness (QED) is 0.886. The number of nitrogens with zero attached hydrogens (tertiary/aromatic N) is 1. The molecule has 0 fully saturated rings. The number of rotatable bonds is 5. The smallest absolute Gasteiger partial charge is 0.189 e. The van der Waals surface area contributed by atoms with Crippen LogP contribution in [0.15, 0.2) is 53.5 Å². The molecule has 0 amide bonds. The van der Waals surface area contributed by atoms with E-state index in [0.29, 0.717) is 12.6 Å². The normalized spacial score (nSPS) is 20.0. The van der Waals surface area contributed by atoms with E-state index in [2.05, 4.69) is 16.4 Å². The van der Waals surface area contributed by atoms with Crippen molar-refractivity contribution in [3.63, 3.8) is 0 Å². The fourth-order valence-corrected chi connectivity index (χ4v) is 3.02. The lowest BCUT2D eigenvalue weighted by Crippen LogP contribution is -2.39. The monoisotopic (exact) mass is 325 g/mol. The molecule has 0 saturated carbocycles. The molecule has 5 heteroatoms. The van der Waals surface area contributed by atoms with E-state index in [1.54, 1.807) is 7.11 Å². The third-order valence-corrected chi connectivity index (χ3v) is 4.17. The van der Waals surface area contributed by atoms with E-state index in [4.69, 9.17) is 15.2 Å². The second-order valence-corrected chi connectivity index (χ2v) is 5.71. The third-order valence-electron chi connectivity index (χ3n) is 4.17. The largest absolute Gasteiger partial charge is 0.497 e. The van der Waals surface area contributed by atoms with Crippen LogP contribution in [0.5, 0.6) is 11.5 Å². The van der Waals surface area contributed by atoms with Crippen molar-refractivity contribution in [3.8, 4) is 11.5 Å². The first kappa shape index (κ1) is 16.2. The van der Waals surface area contributed by atoms with Crippen LogP contribution in [0.4, 0.5) is 0 Å². The predicted octanol–water partition coefficient (Wildman–Crippen LogP) is 3.18. The first-order chi connectivity index (χ1) is 11.7. The summed E-state index contributed by atoms with van der Waals surface area (Å²) in [5.74, 6) is 2.18. The standard InChI is InChI=1S/C19H23N3O2/c1-3-24-18-7-5-4-6-15(18)17-12-16(21-19(20)22-17)13-8-10-14(23-2)11-9-13/h4-11,16-17H,3,12H2,1-2H3,(H3,20,21,22). The average molecular weight is 325 g/mol. The average Bonchev–Trinajstić information content (AvgIpc) is 2.62. The minimum Gasteiger partial charge on any atom is -0.497 e. The molecule has 0 bridgehead atoms. The number of nitrogens with two attached hydrogens (primary N) is 1. The van der Waals surface area contributed by atoms with Crippen LogP contribution in [0.2, 0.25) is 0 Å². The van der Waals surface area contributed by atoms with Gasteiger partial charge in [0, 0.05) is 5.56 Å². The molecule has 126 valence electrons. The van der Waals surface area contributed by atoms with E-state index in [1.807, 2.05) is 49.4 Å². The van der Waals surface area contributed by atoms with Gasteiger partial charge in [0.2, 0.25) is 0 Å². The molecule has 1 heterocycles. The minimum absolute atomic E-state index is 0.0110. The lowest BCUT2D eigenvalue weighted by molar-refractivity contribution is 0.330. The molecule has 5 nitrogen and oxygen atoms in total.